The van der Waals surface area contributed by atoms with E-state index in [1.54, 1.807) is 6.92 Å². The molecule has 2 rings (SSSR count). The van der Waals surface area contributed by atoms with E-state index in [2.05, 4.69) is 37.8 Å². The number of carbonyl (C=O) groups excluding carboxylic acids is 1. The Labute approximate surface area is 186 Å². The molecule has 0 fully saturated rings. The zero-order valence-corrected chi connectivity index (χ0v) is 18.8. The molecule has 0 radical (unpaired) electrons. The summed E-state index contributed by atoms with van der Waals surface area (Å²) in [6, 6.07) is 13.9. The SMILES string of the molecule is C=C(C)C(=O)OCC(CO)Cc1ccc(CCc2ccc(CCCCC)cc2)c(F)c1. The summed E-state index contributed by atoms with van der Waals surface area (Å²) in [7, 11) is 0. The number of benzene rings is 2. The van der Waals surface area contributed by atoms with Crippen molar-refractivity contribution in [1.29, 1.82) is 0 Å². The molecule has 31 heavy (non-hydrogen) atoms. The Kier molecular flexibility index (Phi) is 10.5. The van der Waals surface area contributed by atoms with Gasteiger partial charge in [0.15, 0.2) is 0 Å². The van der Waals surface area contributed by atoms with E-state index in [0.29, 0.717) is 24.0 Å². The average molecular weight is 427 g/mol. The van der Waals surface area contributed by atoms with Gasteiger partial charge in [0, 0.05) is 18.1 Å². The second kappa shape index (κ2) is 13.1. The minimum absolute atomic E-state index is 0.0833. The van der Waals surface area contributed by atoms with E-state index < -0.39 is 5.97 Å². The van der Waals surface area contributed by atoms with E-state index >= 15 is 0 Å². The van der Waals surface area contributed by atoms with Gasteiger partial charge in [0.1, 0.15) is 5.82 Å². The highest BCUT2D eigenvalue weighted by atomic mass is 19.1. The second-order valence-electron chi connectivity index (χ2n) is 8.33. The van der Waals surface area contributed by atoms with E-state index in [4.69, 9.17) is 4.74 Å². The summed E-state index contributed by atoms with van der Waals surface area (Å²) < 4.78 is 19.7. The van der Waals surface area contributed by atoms with Crippen molar-refractivity contribution >= 4 is 5.97 Å². The van der Waals surface area contributed by atoms with Crippen LogP contribution in [0.5, 0.6) is 0 Å². The molecule has 1 unspecified atom stereocenters. The molecule has 0 aromatic heterocycles. The predicted octanol–water partition coefficient (Wildman–Crippen LogP) is 5.61. The summed E-state index contributed by atoms with van der Waals surface area (Å²) in [5.74, 6) is -0.984. The first-order chi connectivity index (χ1) is 14.9. The van der Waals surface area contributed by atoms with Crippen molar-refractivity contribution in [2.24, 2.45) is 5.92 Å². The Hall–Kier alpha value is -2.46. The maximum Gasteiger partial charge on any atom is 0.333 e. The Balaban J connectivity index is 1.87. The molecule has 0 aliphatic rings. The van der Waals surface area contributed by atoms with Gasteiger partial charge in [-0.2, -0.15) is 0 Å². The molecule has 1 atom stereocenters. The number of hydrogen-bond acceptors (Lipinski definition) is 3. The first-order valence-corrected chi connectivity index (χ1v) is 11.2. The normalized spacial score (nSPS) is 11.9. The fourth-order valence-corrected chi connectivity index (χ4v) is 3.48. The fraction of sp³-hybridized carbons (Fsp3) is 0.444. The van der Waals surface area contributed by atoms with Crippen molar-refractivity contribution in [2.75, 3.05) is 13.2 Å². The summed E-state index contributed by atoms with van der Waals surface area (Å²) in [5, 5.41) is 9.55. The van der Waals surface area contributed by atoms with E-state index in [0.717, 1.165) is 18.4 Å². The largest absolute Gasteiger partial charge is 0.462 e. The molecule has 0 bridgehead atoms. The third kappa shape index (κ3) is 8.66. The summed E-state index contributed by atoms with van der Waals surface area (Å²) >= 11 is 0. The molecule has 0 heterocycles. The maximum atomic E-state index is 14.6. The molecule has 4 heteroatoms. The number of rotatable bonds is 13. The summed E-state index contributed by atoms with van der Waals surface area (Å²) in [4.78, 5) is 11.5. The van der Waals surface area contributed by atoms with Crippen molar-refractivity contribution in [2.45, 2.75) is 58.8 Å². The van der Waals surface area contributed by atoms with Crippen molar-refractivity contribution in [1.82, 2.24) is 0 Å². The highest BCUT2D eigenvalue weighted by Crippen LogP contribution is 2.17. The summed E-state index contributed by atoms with van der Waals surface area (Å²) in [5.41, 5.74) is 4.36. The average Bonchev–Trinajstić information content (AvgIpc) is 2.76. The van der Waals surface area contributed by atoms with Gasteiger partial charge in [0.05, 0.1) is 6.61 Å². The van der Waals surface area contributed by atoms with Gasteiger partial charge in [-0.15, -0.1) is 0 Å². The van der Waals surface area contributed by atoms with Crippen LogP contribution in [0.1, 0.15) is 55.4 Å². The van der Waals surface area contributed by atoms with E-state index in [9.17, 15) is 14.3 Å². The molecule has 168 valence electrons. The van der Waals surface area contributed by atoms with Gasteiger partial charge < -0.3 is 9.84 Å². The van der Waals surface area contributed by atoms with Gasteiger partial charge in [-0.25, -0.2) is 9.18 Å². The van der Waals surface area contributed by atoms with Gasteiger partial charge >= 0.3 is 5.97 Å². The molecule has 0 amide bonds. The smallest absolute Gasteiger partial charge is 0.333 e. The lowest BCUT2D eigenvalue weighted by molar-refractivity contribution is -0.140. The number of aryl methyl sites for hydroxylation is 3. The number of aliphatic hydroxyl groups is 1. The highest BCUT2D eigenvalue weighted by Gasteiger charge is 2.14. The summed E-state index contributed by atoms with van der Waals surface area (Å²) in [6.45, 7) is 7.27. The minimum atomic E-state index is -0.478. The molecule has 0 aliphatic heterocycles. The molecular formula is C27H35FO3. The highest BCUT2D eigenvalue weighted by molar-refractivity contribution is 5.86. The van der Waals surface area contributed by atoms with Crippen LogP contribution in [0.3, 0.4) is 0 Å². The van der Waals surface area contributed by atoms with Crippen molar-refractivity contribution in [3.63, 3.8) is 0 Å². The quantitative estimate of drug-likeness (QED) is 0.257. The lowest BCUT2D eigenvalue weighted by atomic mass is 9.97. The standard InChI is InChI=1S/C27H35FO3/c1-4-5-6-7-21-8-10-22(11-9-21)12-14-25-15-13-23(17-26(25)28)16-24(18-29)19-31-27(30)20(2)3/h8-11,13,15,17,24,29H,2,4-7,12,14,16,18-19H2,1,3H3. The van der Waals surface area contributed by atoms with E-state index in [-0.39, 0.29) is 24.9 Å². The second-order valence-corrected chi connectivity index (χ2v) is 8.33. The van der Waals surface area contributed by atoms with Crippen LogP contribution < -0.4 is 0 Å². The zero-order valence-electron chi connectivity index (χ0n) is 18.8. The molecule has 2 aromatic rings. The van der Waals surface area contributed by atoms with Crippen molar-refractivity contribution in [3.8, 4) is 0 Å². The Bertz CT molecular complexity index is 842. The lowest BCUT2D eigenvalue weighted by Gasteiger charge is -2.15. The fourth-order valence-electron chi connectivity index (χ4n) is 3.48. The molecule has 0 spiro atoms. The number of ether oxygens (including phenoxy) is 1. The first-order valence-electron chi connectivity index (χ1n) is 11.2. The van der Waals surface area contributed by atoms with Gasteiger partial charge in [-0.05, 0) is 67.3 Å². The Morgan fingerprint density at radius 1 is 1.03 bits per heavy atom. The van der Waals surface area contributed by atoms with Crippen LogP contribution in [0, 0.1) is 11.7 Å². The Morgan fingerprint density at radius 3 is 2.26 bits per heavy atom. The predicted molar refractivity (Wildman–Crippen MR) is 124 cm³/mol. The first kappa shape index (κ1) is 24.8. The minimum Gasteiger partial charge on any atom is -0.462 e. The van der Waals surface area contributed by atoms with Gasteiger partial charge in [-0.1, -0.05) is 62.7 Å². The van der Waals surface area contributed by atoms with E-state index in [1.165, 1.54) is 36.5 Å². The van der Waals surface area contributed by atoms with Crippen LogP contribution in [0.25, 0.3) is 0 Å². The summed E-state index contributed by atoms with van der Waals surface area (Å²) in [6.07, 6.45) is 6.70. The number of halogens is 1. The molecule has 0 aliphatic carbocycles. The molecule has 1 N–H and O–H groups in total. The molecule has 2 aromatic carbocycles. The number of unbranched alkanes of at least 4 members (excludes halogenated alkanes) is 2. The van der Waals surface area contributed by atoms with Crippen LogP contribution in [0.4, 0.5) is 4.39 Å². The lowest BCUT2D eigenvalue weighted by Crippen LogP contribution is -2.20. The van der Waals surface area contributed by atoms with Crippen LogP contribution in [0.2, 0.25) is 0 Å². The Morgan fingerprint density at radius 2 is 1.68 bits per heavy atom. The number of hydrogen-bond donors (Lipinski definition) is 1. The van der Waals surface area contributed by atoms with Gasteiger partial charge in [-0.3, -0.25) is 0 Å². The number of carbonyl (C=O) groups is 1. The van der Waals surface area contributed by atoms with Crippen LogP contribution in [-0.2, 0) is 35.2 Å². The third-order valence-corrected chi connectivity index (χ3v) is 5.47. The number of esters is 1. The topological polar surface area (TPSA) is 46.5 Å². The molecule has 0 saturated heterocycles. The maximum absolute atomic E-state index is 14.6. The van der Waals surface area contributed by atoms with Gasteiger partial charge in [0.25, 0.3) is 0 Å². The molecule has 0 saturated carbocycles. The third-order valence-electron chi connectivity index (χ3n) is 5.47. The van der Waals surface area contributed by atoms with Gasteiger partial charge in [0.2, 0.25) is 0 Å². The van der Waals surface area contributed by atoms with Crippen molar-refractivity contribution in [3.05, 3.63) is 82.7 Å². The zero-order chi connectivity index (χ0) is 22.6. The van der Waals surface area contributed by atoms with Crippen molar-refractivity contribution < 1.29 is 19.0 Å². The monoisotopic (exact) mass is 426 g/mol. The number of aliphatic hydroxyl groups excluding tert-OH is 1. The molecular weight excluding hydrogens is 391 g/mol. The van der Waals surface area contributed by atoms with Crippen LogP contribution >= 0.6 is 0 Å². The van der Waals surface area contributed by atoms with E-state index in [1.807, 2.05) is 12.1 Å². The van der Waals surface area contributed by atoms with Crippen LogP contribution in [-0.4, -0.2) is 24.3 Å². The van der Waals surface area contributed by atoms with Crippen LogP contribution in [0.15, 0.2) is 54.6 Å². The molecule has 3 nitrogen and oxygen atoms in total.